The summed E-state index contributed by atoms with van der Waals surface area (Å²) in [6, 6.07) is 14.3. The fraction of sp³-hybridized carbons (Fsp3) is 0.300. The molecule has 2 aromatic carbocycles. The summed E-state index contributed by atoms with van der Waals surface area (Å²) in [5.41, 5.74) is 3.71. The minimum absolute atomic E-state index is 0.772. The summed E-state index contributed by atoms with van der Waals surface area (Å²) >= 11 is 0. The maximum Gasteiger partial charge on any atom is 0.123 e. The van der Waals surface area contributed by atoms with E-state index >= 15 is 0 Å². The molecule has 0 amide bonds. The molecule has 0 atom stereocenters. The third-order valence-electron chi connectivity index (χ3n) is 4.28. The lowest BCUT2D eigenvalue weighted by Gasteiger charge is -2.11. The van der Waals surface area contributed by atoms with Crippen LogP contribution >= 0.6 is 0 Å². The van der Waals surface area contributed by atoms with Gasteiger partial charge in [-0.1, -0.05) is 18.2 Å². The molecule has 0 fully saturated rings. The van der Waals surface area contributed by atoms with E-state index in [1.807, 2.05) is 18.2 Å². The van der Waals surface area contributed by atoms with E-state index < -0.39 is 0 Å². The Balaban J connectivity index is 1.51. The van der Waals surface area contributed by atoms with E-state index in [-0.39, 0.29) is 0 Å². The number of rotatable bonds is 8. The van der Waals surface area contributed by atoms with Crippen molar-refractivity contribution in [3.8, 4) is 11.5 Å². The Bertz CT molecular complexity index is 795. The van der Waals surface area contributed by atoms with Gasteiger partial charge in [-0.25, -0.2) is 0 Å². The van der Waals surface area contributed by atoms with Crippen LogP contribution in [0.25, 0.3) is 10.9 Å². The second-order valence-electron chi connectivity index (χ2n) is 5.82. The minimum Gasteiger partial charge on any atom is -0.497 e. The molecule has 4 heteroatoms. The molecule has 0 unspecified atom stereocenters. The third-order valence-corrected chi connectivity index (χ3v) is 4.28. The normalized spacial score (nSPS) is 10.9. The average molecular weight is 324 g/mol. The highest BCUT2D eigenvalue weighted by atomic mass is 16.5. The SMILES string of the molecule is COc1ccc(OC)c(CNCCCc2c[nH]c3ccccc23)c1. The van der Waals surface area contributed by atoms with Gasteiger partial charge in [-0.15, -0.1) is 0 Å². The summed E-state index contributed by atoms with van der Waals surface area (Å²) in [6.07, 6.45) is 4.27. The van der Waals surface area contributed by atoms with Crippen molar-refractivity contribution in [3.63, 3.8) is 0 Å². The number of fused-ring (bicyclic) bond motifs is 1. The van der Waals surface area contributed by atoms with Gasteiger partial charge >= 0.3 is 0 Å². The van der Waals surface area contributed by atoms with Crippen LogP contribution in [0.3, 0.4) is 0 Å². The smallest absolute Gasteiger partial charge is 0.123 e. The summed E-state index contributed by atoms with van der Waals surface area (Å²) in [4.78, 5) is 3.33. The van der Waals surface area contributed by atoms with E-state index in [2.05, 4.69) is 40.8 Å². The van der Waals surface area contributed by atoms with Crippen molar-refractivity contribution >= 4 is 10.9 Å². The molecule has 126 valence electrons. The van der Waals surface area contributed by atoms with Crippen molar-refractivity contribution in [2.45, 2.75) is 19.4 Å². The van der Waals surface area contributed by atoms with Gasteiger partial charge in [0.05, 0.1) is 14.2 Å². The number of hydrogen-bond donors (Lipinski definition) is 2. The summed E-state index contributed by atoms with van der Waals surface area (Å²) in [6.45, 7) is 1.73. The van der Waals surface area contributed by atoms with Gasteiger partial charge in [-0.05, 0) is 49.2 Å². The number of para-hydroxylation sites is 1. The topological polar surface area (TPSA) is 46.3 Å². The number of ether oxygens (including phenoxy) is 2. The molecular formula is C20H24N2O2. The van der Waals surface area contributed by atoms with E-state index in [9.17, 15) is 0 Å². The van der Waals surface area contributed by atoms with Gasteiger partial charge in [0.25, 0.3) is 0 Å². The Morgan fingerprint density at radius 2 is 1.88 bits per heavy atom. The molecule has 0 aliphatic carbocycles. The Morgan fingerprint density at radius 3 is 2.71 bits per heavy atom. The Kier molecular flexibility index (Phi) is 5.39. The van der Waals surface area contributed by atoms with Crippen LogP contribution in [0.2, 0.25) is 0 Å². The molecule has 4 nitrogen and oxygen atoms in total. The van der Waals surface area contributed by atoms with E-state index in [4.69, 9.17) is 9.47 Å². The lowest BCUT2D eigenvalue weighted by atomic mass is 10.1. The molecular weight excluding hydrogens is 300 g/mol. The molecule has 0 aliphatic rings. The minimum atomic E-state index is 0.772. The third kappa shape index (κ3) is 3.71. The van der Waals surface area contributed by atoms with Gasteiger partial charge < -0.3 is 19.8 Å². The number of methoxy groups -OCH3 is 2. The first-order valence-electron chi connectivity index (χ1n) is 8.28. The molecule has 1 aromatic heterocycles. The highest BCUT2D eigenvalue weighted by Crippen LogP contribution is 2.23. The van der Waals surface area contributed by atoms with Crippen LogP contribution in [0.15, 0.2) is 48.7 Å². The van der Waals surface area contributed by atoms with Gasteiger partial charge in [0.1, 0.15) is 11.5 Å². The number of benzene rings is 2. The van der Waals surface area contributed by atoms with Crippen molar-refractivity contribution in [1.82, 2.24) is 10.3 Å². The van der Waals surface area contributed by atoms with Crippen LogP contribution < -0.4 is 14.8 Å². The lowest BCUT2D eigenvalue weighted by Crippen LogP contribution is -2.16. The maximum atomic E-state index is 5.41. The summed E-state index contributed by atoms with van der Waals surface area (Å²) < 4.78 is 10.7. The number of nitrogens with one attached hydrogen (secondary N) is 2. The van der Waals surface area contributed by atoms with Crippen LogP contribution in [-0.4, -0.2) is 25.7 Å². The molecule has 0 saturated heterocycles. The van der Waals surface area contributed by atoms with Crippen LogP contribution in [0, 0.1) is 0 Å². The molecule has 0 spiro atoms. The molecule has 0 aliphatic heterocycles. The highest BCUT2D eigenvalue weighted by molar-refractivity contribution is 5.82. The second-order valence-corrected chi connectivity index (χ2v) is 5.82. The van der Waals surface area contributed by atoms with Crippen molar-refractivity contribution < 1.29 is 9.47 Å². The molecule has 0 bridgehead atoms. The molecule has 24 heavy (non-hydrogen) atoms. The quantitative estimate of drug-likeness (QED) is 0.618. The zero-order valence-corrected chi connectivity index (χ0v) is 14.3. The summed E-state index contributed by atoms with van der Waals surface area (Å²) in [5, 5.41) is 4.82. The zero-order valence-electron chi connectivity index (χ0n) is 14.3. The zero-order chi connectivity index (χ0) is 16.8. The first kappa shape index (κ1) is 16.4. The van der Waals surface area contributed by atoms with Crippen LogP contribution in [0.4, 0.5) is 0 Å². The Labute approximate surface area is 142 Å². The molecule has 0 radical (unpaired) electrons. The number of aryl methyl sites for hydroxylation is 1. The highest BCUT2D eigenvalue weighted by Gasteiger charge is 2.05. The maximum absolute atomic E-state index is 5.41. The largest absolute Gasteiger partial charge is 0.497 e. The van der Waals surface area contributed by atoms with E-state index in [1.165, 1.54) is 16.5 Å². The molecule has 2 N–H and O–H groups in total. The number of aromatic amines is 1. The standard InChI is InChI=1S/C20H24N2O2/c1-23-17-9-10-20(24-2)16(12-17)13-21-11-5-6-15-14-22-19-8-4-3-7-18(15)19/h3-4,7-10,12,14,21-22H,5-6,11,13H2,1-2H3. The monoisotopic (exact) mass is 324 g/mol. The lowest BCUT2D eigenvalue weighted by molar-refractivity contribution is 0.397. The second kappa shape index (κ2) is 7.88. The number of H-pyrrole nitrogens is 1. The van der Waals surface area contributed by atoms with Gasteiger partial charge in [-0.2, -0.15) is 0 Å². The van der Waals surface area contributed by atoms with Crippen LogP contribution in [0.1, 0.15) is 17.5 Å². The van der Waals surface area contributed by atoms with Crippen LogP contribution in [0.5, 0.6) is 11.5 Å². The van der Waals surface area contributed by atoms with Gasteiger partial charge in [-0.3, -0.25) is 0 Å². The van der Waals surface area contributed by atoms with Crippen molar-refractivity contribution in [3.05, 3.63) is 59.8 Å². The van der Waals surface area contributed by atoms with Gasteiger partial charge in [0.2, 0.25) is 0 Å². The Morgan fingerprint density at radius 1 is 1.00 bits per heavy atom. The van der Waals surface area contributed by atoms with Crippen molar-refractivity contribution in [2.24, 2.45) is 0 Å². The number of aromatic nitrogens is 1. The summed E-state index contributed by atoms with van der Waals surface area (Å²) in [7, 11) is 3.38. The summed E-state index contributed by atoms with van der Waals surface area (Å²) in [5.74, 6) is 1.74. The van der Waals surface area contributed by atoms with E-state index in [0.717, 1.165) is 43.0 Å². The average Bonchev–Trinajstić information content (AvgIpc) is 3.04. The van der Waals surface area contributed by atoms with E-state index in [1.54, 1.807) is 14.2 Å². The number of hydrogen-bond acceptors (Lipinski definition) is 3. The fourth-order valence-corrected chi connectivity index (χ4v) is 2.99. The Hall–Kier alpha value is -2.46. The van der Waals surface area contributed by atoms with Gasteiger partial charge in [0.15, 0.2) is 0 Å². The molecule has 1 heterocycles. The molecule has 3 aromatic rings. The first-order chi connectivity index (χ1) is 11.8. The first-order valence-corrected chi connectivity index (χ1v) is 8.28. The predicted molar refractivity (Wildman–Crippen MR) is 97.9 cm³/mol. The predicted octanol–water partition coefficient (Wildman–Crippen LogP) is 3.91. The molecule has 0 saturated carbocycles. The van der Waals surface area contributed by atoms with Crippen LogP contribution in [-0.2, 0) is 13.0 Å². The fourth-order valence-electron chi connectivity index (χ4n) is 2.99. The van der Waals surface area contributed by atoms with E-state index in [0.29, 0.717) is 0 Å². The van der Waals surface area contributed by atoms with Gasteiger partial charge in [0, 0.05) is 29.2 Å². The van der Waals surface area contributed by atoms with Crippen molar-refractivity contribution in [1.29, 1.82) is 0 Å². The van der Waals surface area contributed by atoms with Crippen molar-refractivity contribution in [2.75, 3.05) is 20.8 Å². The molecule has 3 rings (SSSR count).